The maximum Gasteiger partial charge on any atom is 0.243 e. The second kappa shape index (κ2) is 7.00. The number of amides is 1. The lowest BCUT2D eigenvalue weighted by Gasteiger charge is -2.26. The molecule has 2 heterocycles. The second-order valence-corrected chi connectivity index (χ2v) is 10.4. The molecular weight excluding hydrogens is 382 g/mol. The van der Waals surface area contributed by atoms with Gasteiger partial charge in [0.2, 0.25) is 15.9 Å². The van der Waals surface area contributed by atoms with Gasteiger partial charge in [-0.3, -0.25) is 4.79 Å². The van der Waals surface area contributed by atoms with Crippen LogP contribution in [0.1, 0.15) is 41.0 Å². The molecule has 1 aliphatic carbocycles. The summed E-state index contributed by atoms with van der Waals surface area (Å²) < 4.78 is 27.7. The zero-order valence-corrected chi connectivity index (χ0v) is 17.1. The first-order valence-electron chi connectivity index (χ1n) is 9.21. The highest BCUT2D eigenvalue weighted by Gasteiger charge is 2.32. The van der Waals surface area contributed by atoms with Gasteiger partial charge in [-0.25, -0.2) is 13.4 Å². The summed E-state index contributed by atoms with van der Waals surface area (Å²) in [5, 5.41) is 3.49. The van der Waals surface area contributed by atoms with Crippen molar-refractivity contribution in [2.45, 2.75) is 51.0 Å². The predicted octanol–water partition coefficient (Wildman–Crippen LogP) is 3.25. The van der Waals surface area contributed by atoms with E-state index in [1.165, 1.54) is 15.6 Å². The van der Waals surface area contributed by atoms with Crippen LogP contribution in [-0.4, -0.2) is 30.2 Å². The molecule has 4 rings (SSSR count). The molecular formula is C19H23N3O3S2. The zero-order chi connectivity index (χ0) is 19.2. The molecule has 1 saturated carbocycles. The average molecular weight is 406 g/mol. The fraction of sp³-hybridized carbons (Fsp3) is 0.474. The number of thiazole rings is 1. The number of carbonyl (C=O) groups excluding carboxylic acids is 1. The van der Waals surface area contributed by atoms with Gasteiger partial charge >= 0.3 is 0 Å². The van der Waals surface area contributed by atoms with Crippen LogP contribution in [0.2, 0.25) is 0 Å². The Hall–Kier alpha value is -1.77. The predicted molar refractivity (Wildman–Crippen MR) is 105 cm³/mol. The Bertz CT molecular complexity index is 994. The molecule has 2 aliphatic rings. The fourth-order valence-electron chi connectivity index (χ4n) is 3.54. The van der Waals surface area contributed by atoms with E-state index < -0.39 is 10.0 Å². The lowest BCUT2D eigenvalue weighted by Crippen LogP contribution is -2.35. The number of fused-ring (bicyclic) bond motifs is 1. The lowest BCUT2D eigenvalue weighted by atomic mass is 9.85. The van der Waals surface area contributed by atoms with Crippen molar-refractivity contribution in [2.75, 3.05) is 11.9 Å². The third-order valence-electron chi connectivity index (χ3n) is 5.35. The number of nitrogens with one attached hydrogen (secondary N) is 1. The minimum absolute atomic E-state index is 0.0344. The number of hydrogen-bond donors (Lipinski definition) is 1. The van der Waals surface area contributed by atoms with E-state index in [-0.39, 0.29) is 11.8 Å². The molecule has 1 amide bonds. The summed E-state index contributed by atoms with van der Waals surface area (Å²) in [5.41, 5.74) is 2.70. The van der Waals surface area contributed by atoms with Crippen molar-refractivity contribution in [1.29, 1.82) is 0 Å². The first-order chi connectivity index (χ1) is 12.8. The second-order valence-electron chi connectivity index (χ2n) is 7.36. The van der Waals surface area contributed by atoms with Gasteiger partial charge in [-0.2, -0.15) is 4.31 Å². The van der Waals surface area contributed by atoms with E-state index in [1.807, 2.05) is 26.0 Å². The average Bonchev–Trinajstić information content (AvgIpc) is 2.93. The normalized spacial score (nSPS) is 18.0. The molecule has 8 heteroatoms. The van der Waals surface area contributed by atoms with Crippen LogP contribution < -0.4 is 5.32 Å². The molecule has 144 valence electrons. The summed E-state index contributed by atoms with van der Waals surface area (Å²) in [7, 11) is -3.55. The molecule has 2 aromatic rings. The Morgan fingerprint density at radius 3 is 2.74 bits per heavy atom. The van der Waals surface area contributed by atoms with Crippen LogP contribution in [-0.2, 0) is 27.8 Å². The van der Waals surface area contributed by atoms with Crippen LogP contribution in [0, 0.1) is 19.8 Å². The van der Waals surface area contributed by atoms with Crippen LogP contribution in [0.4, 0.5) is 5.13 Å². The number of aromatic nitrogens is 1. The number of nitrogens with zero attached hydrogens (tertiary/aromatic N) is 2. The molecule has 1 aromatic heterocycles. The molecule has 1 fully saturated rings. The van der Waals surface area contributed by atoms with Crippen LogP contribution in [0.3, 0.4) is 0 Å². The molecule has 6 nitrogen and oxygen atoms in total. The molecule has 27 heavy (non-hydrogen) atoms. The third kappa shape index (κ3) is 3.53. The van der Waals surface area contributed by atoms with Crippen LogP contribution in [0.15, 0.2) is 23.1 Å². The molecule has 1 N–H and O–H groups in total. The van der Waals surface area contributed by atoms with E-state index in [0.29, 0.717) is 29.5 Å². The minimum atomic E-state index is -3.55. The van der Waals surface area contributed by atoms with Gasteiger partial charge in [-0.05, 0) is 38.3 Å². The molecule has 0 radical (unpaired) electrons. The summed E-state index contributed by atoms with van der Waals surface area (Å²) in [4.78, 5) is 17.9. The van der Waals surface area contributed by atoms with Crippen molar-refractivity contribution in [2.24, 2.45) is 5.92 Å². The van der Waals surface area contributed by atoms with Crippen LogP contribution >= 0.6 is 11.3 Å². The molecule has 0 spiro atoms. The van der Waals surface area contributed by atoms with E-state index in [4.69, 9.17) is 0 Å². The largest absolute Gasteiger partial charge is 0.302 e. The van der Waals surface area contributed by atoms with Crippen molar-refractivity contribution in [3.8, 4) is 0 Å². The van der Waals surface area contributed by atoms with Crippen molar-refractivity contribution in [3.63, 3.8) is 0 Å². The Morgan fingerprint density at radius 1 is 1.30 bits per heavy atom. The van der Waals surface area contributed by atoms with Crippen molar-refractivity contribution < 1.29 is 13.2 Å². The van der Waals surface area contributed by atoms with Gasteiger partial charge in [0.15, 0.2) is 5.13 Å². The van der Waals surface area contributed by atoms with E-state index in [2.05, 4.69) is 10.3 Å². The molecule has 0 bridgehead atoms. The summed E-state index contributed by atoms with van der Waals surface area (Å²) >= 11 is 1.39. The van der Waals surface area contributed by atoms with Gasteiger partial charge in [0.1, 0.15) is 0 Å². The molecule has 0 saturated heterocycles. The van der Waals surface area contributed by atoms with Gasteiger partial charge in [-0.1, -0.05) is 24.1 Å². The Labute approximate surface area is 163 Å². The third-order valence-corrected chi connectivity index (χ3v) is 8.35. The zero-order valence-electron chi connectivity index (χ0n) is 15.5. The molecule has 1 aliphatic heterocycles. The van der Waals surface area contributed by atoms with Crippen molar-refractivity contribution >= 4 is 32.4 Å². The van der Waals surface area contributed by atoms with Gasteiger partial charge in [0.25, 0.3) is 0 Å². The number of carbonyl (C=O) groups is 1. The summed E-state index contributed by atoms with van der Waals surface area (Å²) in [5.74, 6) is 0.138. The van der Waals surface area contributed by atoms with Crippen molar-refractivity contribution in [3.05, 3.63) is 39.9 Å². The number of rotatable bonds is 4. The van der Waals surface area contributed by atoms with Gasteiger partial charge < -0.3 is 5.32 Å². The summed E-state index contributed by atoms with van der Waals surface area (Å²) in [6, 6.07) is 5.41. The molecule has 0 atom stereocenters. The first-order valence-corrected chi connectivity index (χ1v) is 11.5. The van der Waals surface area contributed by atoms with Gasteiger partial charge in [-0.15, -0.1) is 11.3 Å². The topological polar surface area (TPSA) is 79.4 Å². The summed E-state index contributed by atoms with van der Waals surface area (Å²) in [6.45, 7) is 4.49. The standard InChI is InChI=1S/C19H23N3O3S2/c1-12-6-7-17(13(2)10-12)27(24,25)22-9-8-15-16(11-22)26-19(20-15)21-18(23)14-4-3-5-14/h6-7,10,14H,3-5,8-9,11H2,1-2H3,(H,20,21,23). The number of benzene rings is 1. The number of hydrogen-bond acceptors (Lipinski definition) is 5. The van der Waals surface area contributed by atoms with Crippen molar-refractivity contribution in [1.82, 2.24) is 9.29 Å². The first kappa shape index (κ1) is 18.6. The van der Waals surface area contributed by atoms with E-state index in [1.54, 1.807) is 6.07 Å². The quantitative estimate of drug-likeness (QED) is 0.847. The Kier molecular flexibility index (Phi) is 4.82. The van der Waals surface area contributed by atoms with Crippen LogP contribution in [0.25, 0.3) is 0 Å². The smallest absolute Gasteiger partial charge is 0.243 e. The highest BCUT2D eigenvalue weighted by Crippen LogP contribution is 2.33. The Balaban J connectivity index is 1.53. The number of anilines is 1. The van der Waals surface area contributed by atoms with Gasteiger partial charge in [0, 0.05) is 23.8 Å². The highest BCUT2D eigenvalue weighted by atomic mass is 32.2. The Morgan fingerprint density at radius 2 is 2.07 bits per heavy atom. The fourth-order valence-corrected chi connectivity index (χ4v) is 6.26. The maximum atomic E-state index is 13.1. The minimum Gasteiger partial charge on any atom is -0.302 e. The molecule has 1 aromatic carbocycles. The summed E-state index contributed by atoms with van der Waals surface area (Å²) in [6.07, 6.45) is 3.56. The highest BCUT2D eigenvalue weighted by molar-refractivity contribution is 7.89. The van der Waals surface area contributed by atoms with E-state index >= 15 is 0 Å². The molecule has 0 unspecified atom stereocenters. The maximum absolute atomic E-state index is 13.1. The SMILES string of the molecule is Cc1ccc(S(=O)(=O)N2CCc3nc(NC(=O)C4CCC4)sc3C2)c(C)c1. The van der Waals surface area contributed by atoms with Gasteiger partial charge in [0.05, 0.1) is 17.1 Å². The lowest BCUT2D eigenvalue weighted by molar-refractivity contribution is -0.122. The monoisotopic (exact) mass is 405 g/mol. The number of sulfonamides is 1. The van der Waals surface area contributed by atoms with E-state index in [9.17, 15) is 13.2 Å². The number of aryl methyl sites for hydroxylation is 2. The van der Waals surface area contributed by atoms with Crippen LogP contribution in [0.5, 0.6) is 0 Å². The van der Waals surface area contributed by atoms with E-state index in [0.717, 1.165) is 41.0 Å².